The van der Waals surface area contributed by atoms with Crippen molar-refractivity contribution >= 4 is 11.4 Å². The quantitative estimate of drug-likeness (QED) is 0.637. The van der Waals surface area contributed by atoms with Crippen molar-refractivity contribution in [2.24, 2.45) is 40.4 Å². The molecule has 28 heavy (non-hydrogen) atoms. The van der Waals surface area contributed by atoms with Gasteiger partial charge >= 0.3 is 0 Å². The molecule has 0 amide bonds. The molecule has 5 aliphatic rings. The van der Waals surface area contributed by atoms with E-state index in [0.29, 0.717) is 23.5 Å². The Morgan fingerprint density at radius 2 is 2.00 bits per heavy atom. The lowest BCUT2D eigenvalue weighted by molar-refractivity contribution is -0.117. The minimum atomic E-state index is -0.242. The van der Waals surface area contributed by atoms with Crippen LogP contribution in [0.25, 0.3) is 5.57 Å². The number of allylic oxidation sites excluding steroid dienone is 4. The Hall–Kier alpha value is -1.77. The Kier molecular flexibility index (Phi) is 3.32. The molecule has 3 fully saturated rings. The van der Waals surface area contributed by atoms with Crippen LogP contribution in [0, 0.1) is 46.2 Å². The van der Waals surface area contributed by atoms with E-state index >= 15 is 0 Å². The monoisotopic (exact) mass is 377 g/mol. The van der Waals surface area contributed by atoms with Gasteiger partial charge in [0.05, 0.1) is 6.20 Å². The molecule has 0 saturated heterocycles. The van der Waals surface area contributed by atoms with Crippen LogP contribution in [0.3, 0.4) is 0 Å². The van der Waals surface area contributed by atoms with Crippen LogP contribution in [0.4, 0.5) is 4.39 Å². The Morgan fingerprint density at radius 3 is 2.82 bits per heavy atom. The summed E-state index contributed by atoms with van der Waals surface area (Å²) >= 11 is 0. The minimum Gasteiger partial charge on any atom is -0.295 e. The molecule has 0 spiro atoms. The molecule has 5 aliphatic carbocycles. The maximum Gasteiger partial charge on any atom is 0.155 e. The van der Waals surface area contributed by atoms with Gasteiger partial charge < -0.3 is 0 Å². The first-order valence-electron chi connectivity index (χ1n) is 11.0. The van der Waals surface area contributed by atoms with Crippen molar-refractivity contribution in [2.75, 3.05) is 0 Å². The van der Waals surface area contributed by atoms with Crippen molar-refractivity contribution in [2.45, 2.75) is 52.4 Å². The van der Waals surface area contributed by atoms with Gasteiger partial charge in [-0.3, -0.25) is 9.78 Å². The SMILES string of the molecule is C[C@]12CCC(=O)C=C1C1CC1[C@@H]1[C@@H]2CC[C@]2(C)C(c3cncc(F)c3)=CC[C@@H]12. The average Bonchev–Trinajstić information content (AvgIpc) is 3.37. The Labute approximate surface area is 166 Å². The minimum absolute atomic E-state index is 0.131. The highest BCUT2D eigenvalue weighted by molar-refractivity contribution is 5.92. The highest BCUT2D eigenvalue weighted by Crippen LogP contribution is 2.74. The molecule has 2 nitrogen and oxygen atoms in total. The Bertz CT molecular complexity index is 948. The number of carbonyl (C=O) groups excluding carboxylic acids is 1. The molecule has 0 radical (unpaired) electrons. The molecule has 2 unspecified atom stereocenters. The molecule has 3 heteroatoms. The fraction of sp³-hybridized carbons (Fsp3) is 0.600. The molecule has 0 aliphatic heterocycles. The highest BCUT2D eigenvalue weighted by Gasteiger charge is 2.66. The smallest absolute Gasteiger partial charge is 0.155 e. The molecule has 0 aromatic carbocycles. The summed E-state index contributed by atoms with van der Waals surface area (Å²) in [4.78, 5) is 16.2. The zero-order valence-electron chi connectivity index (χ0n) is 16.7. The van der Waals surface area contributed by atoms with Gasteiger partial charge in [0, 0.05) is 12.6 Å². The number of pyridine rings is 1. The third-order valence-electron chi connectivity index (χ3n) is 9.35. The van der Waals surface area contributed by atoms with Crippen molar-refractivity contribution in [1.29, 1.82) is 0 Å². The second kappa shape index (κ2) is 5.43. The maximum atomic E-state index is 13.9. The molecule has 1 aromatic heterocycles. The first kappa shape index (κ1) is 17.1. The number of ketones is 1. The van der Waals surface area contributed by atoms with Crippen molar-refractivity contribution in [3.63, 3.8) is 0 Å². The van der Waals surface area contributed by atoms with Crippen LogP contribution in [0.1, 0.15) is 57.9 Å². The summed E-state index contributed by atoms with van der Waals surface area (Å²) in [6, 6.07) is 1.66. The van der Waals surface area contributed by atoms with Gasteiger partial charge in [-0.1, -0.05) is 25.5 Å². The zero-order valence-corrected chi connectivity index (χ0v) is 16.7. The number of hydrogen-bond acceptors (Lipinski definition) is 2. The fourth-order valence-electron chi connectivity index (χ4n) is 7.98. The number of halogens is 1. The van der Waals surface area contributed by atoms with E-state index in [9.17, 15) is 9.18 Å². The molecule has 1 heterocycles. The number of rotatable bonds is 1. The van der Waals surface area contributed by atoms with Crippen LogP contribution in [0.15, 0.2) is 36.2 Å². The van der Waals surface area contributed by atoms with Gasteiger partial charge in [-0.2, -0.15) is 0 Å². The molecule has 1 aromatic rings. The van der Waals surface area contributed by atoms with Gasteiger partial charge in [0.15, 0.2) is 5.78 Å². The van der Waals surface area contributed by atoms with Gasteiger partial charge in [0.25, 0.3) is 0 Å². The zero-order chi connectivity index (χ0) is 19.3. The summed E-state index contributed by atoms with van der Waals surface area (Å²) in [6.07, 6.45) is 14.1. The number of aromatic nitrogens is 1. The summed E-state index contributed by atoms with van der Waals surface area (Å²) < 4.78 is 13.9. The largest absolute Gasteiger partial charge is 0.295 e. The van der Waals surface area contributed by atoms with Gasteiger partial charge in [0.1, 0.15) is 5.82 Å². The predicted molar refractivity (Wildman–Crippen MR) is 107 cm³/mol. The van der Waals surface area contributed by atoms with Gasteiger partial charge in [-0.15, -0.1) is 0 Å². The number of fused-ring (bicyclic) bond motifs is 8. The lowest BCUT2D eigenvalue weighted by atomic mass is 9.46. The van der Waals surface area contributed by atoms with Gasteiger partial charge in [-0.25, -0.2) is 4.39 Å². The molecule has 6 rings (SSSR count). The van der Waals surface area contributed by atoms with Crippen LogP contribution >= 0.6 is 0 Å². The van der Waals surface area contributed by atoms with E-state index in [2.05, 4.69) is 24.9 Å². The molecule has 0 N–H and O–H groups in total. The molecular weight excluding hydrogens is 349 g/mol. The predicted octanol–water partition coefficient (Wildman–Crippen LogP) is 5.60. The summed E-state index contributed by atoms with van der Waals surface area (Å²) in [7, 11) is 0. The number of carbonyl (C=O) groups is 1. The van der Waals surface area contributed by atoms with E-state index in [1.807, 2.05) is 12.3 Å². The van der Waals surface area contributed by atoms with Crippen LogP contribution in [0.5, 0.6) is 0 Å². The van der Waals surface area contributed by atoms with Crippen molar-refractivity contribution in [3.8, 4) is 0 Å². The third kappa shape index (κ3) is 2.08. The Morgan fingerprint density at radius 1 is 1.14 bits per heavy atom. The second-order valence-electron chi connectivity index (χ2n) is 10.5. The van der Waals surface area contributed by atoms with E-state index < -0.39 is 0 Å². The molecule has 146 valence electrons. The van der Waals surface area contributed by atoms with E-state index in [4.69, 9.17) is 0 Å². The number of nitrogens with zero attached hydrogens (tertiary/aromatic N) is 1. The summed E-state index contributed by atoms with van der Waals surface area (Å²) in [5.41, 5.74) is 4.15. The number of hydrogen-bond donors (Lipinski definition) is 0. The van der Waals surface area contributed by atoms with Crippen LogP contribution in [-0.4, -0.2) is 10.8 Å². The first-order chi connectivity index (χ1) is 13.4. The van der Waals surface area contributed by atoms with E-state index in [1.54, 1.807) is 6.07 Å². The van der Waals surface area contributed by atoms with Crippen LogP contribution in [-0.2, 0) is 4.79 Å². The first-order valence-corrected chi connectivity index (χ1v) is 11.0. The Balaban J connectivity index is 1.38. The van der Waals surface area contributed by atoms with Crippen LogP contribution in [0.2, 0.25) is 0 Å². The van der Waals surface area contributed by atoms with Gasteiger partial charge in [-0.05, 0) is 95.8 Å². The molecule has 0 bridgehead atoms. The summed E-state index contributed by atoms with van der Waals surface area (Å²) in [5.74, 6) is 3.61. The lowest BCUT2D eigenvalue weighted by Crippen LogP contribution is -2.51. The standard InChI is InChI=1S/C25H28FNO/c1-24-8-6-21-23(18-11-17(18)22-10-16(28)5-7-25(21,22)2)20(24)4-3-19(24)14-9-15(26)13-27-12-14/h3,9-10,12-13,17-18,20-21,23H,4-8,11H2,1-2H3/t17?,18?,20-,21-,23-,24+,25+/m0/s1. The lowest BCUT2D eigenvalue weighted by Gasteiger charge is -2.57. The van der Waals surface area contributed by atoms with Gasteiger partial charge in [0.2, 0.25) is 0 Å². The molecular formula is C25H28FNO. The normalized spacial score (nSPS) is 46.0. The van der Waals surface area contributed by atoms with Crippen LogP contribution < -0.4 is 0 Å². The topological polar surface area (TPSA) is 30.0 Å². The van der Waals surface area contributed by atoms with E-state index in [-0.39, 0.29) is 16.6 Å². The van der Waals surface area contributed by atoms with Crippen molar-refractivity contribution < 1.29 is 9.18 Å². The summed E-state index contributed by atoms with van der Waals surface area (Å²) in [6.45, 7) is 4.88. The van der Waals surface area contributed by atoms with Crippen molar-refractivity contribution in [3.05, 3.63) is 47.6 Å². The molecule has 7 atom stereocenters. The van der Waals surface area contributed by atoms with Crippen molar-refractivity contribution in [1.82, 2.24) is 4.98 Å². The average molecular weight is 378 g/mol. The second-order valence-corrected chi connectivity index (χ2v) is 10.5. The third-order valence-corrected chi connectivity index (χ3v) is 9.35. The van der Waals surface area contributed by atoms with E-state index in [0.717, 1.165) is 43.1 Å². The highest BCUT2D eigenvalue weighted by atomic mass is 19.1. The fourth-order valence-corrected chi connectivity index (χ4v) is 7.98. The molecule has 3 saturated carbocycles. The summed E-state index contributed by atoms with van der Waals surface area (Å²) in [5, 5.41) is 0. The maximum absolute atomic E-state index is 13.9. The van der Waals surface area contributed by atoms with E-state index in [1.165, 1.54) is 30.2 Å².